The smallest absolute Gasteiger partial charge is 0.243 e. The summed E-state index contributed by atoms with van der Waals surface area (Å²) in [5, 5.41) is 4.09. The first-order valence-electron chi connectivity index (χ1n) is 9.38. The summed E-state index contributed by atoms with van der Waals surface area (Å²) in [6.07, 6.45) is 3.20. The molecule has 0 saturated carbocycles. The molecular weight excluding hydrogens is 354 g/mol. The van der Waals surface area contributed by atoms with E-state index in [2.05, 4.69) is 10.3 Å². The lowest BCUT2D eigenvalue weighted by Crippen LogP contribution is -2.47. The molecule has 1 aromatic heterocycles. The summed E-state index contributed by atoms with van der Waals surface area (Å²) >= 11 is 0. The second-order valence-electron chi connectivity index (χ2n) is 7.00. The first-order chi connectivity index (χ1) is 13.6. The van der Waals surface area contributed by atoms with Crippen molar-refractivity contribution in [1.29, 1.82) is 0 Å². The highest BCUT2D eigenvalue weighted by Crippen LogP contribution is 2.32. The highest BCUT2D eigenvalue weighted by atomic mass is 16.5. The van der Waals surface area contributed by atoms with Gasteiger partial charge in [0.15, 0.2) is 0 Å². The van der Waals surface area contributed by atoms with Crippen LogP contribution in [0.5, 0.6) is 5.75 Å². The zero-order valence-electron chi connectivity index (χ0n) is 16.0. The minimum atomic E-state index is -0.488. The lowest BCUT2D eigenvalue weighted by atomic mass is 10.1. The number of hydrogen-bond acceptors (Lipinski definition) is 3. The molecule has 0 saturated heterocycles. The molecular formula is C22H23N3O3. The first-order valence-corrected chi connectivity index (χ1v) is 9.38. The molecule has 6 heteroatoms. The number of carbonyl (C=O) groups is 2. The summed E-state index contributed by atoms with van der Waals surface area (Å²) in [6.45, 7) is 2.00. The number of carbonyl (C=O) groups excluding carboxylic acids is 2. The second kappa shape index (κ2) is 7.38. The van der Waals surface area contributed by atoms with Gasteiger partial charge in [0.1, 0.15) is 11.8 Å². The SMILES string of the molecule is COc1ccc2[nH]cc(CCNC(=O)C3Cc4ccccc4N3C(C)=O)c2c1. The quantitative estimate of drug-likeness (QED) is 0.718. The van der Waals surface area contributed by atoms with Crippen molar-refractivity contribution in [2.24, 2.45) is 0 Å². The molecule has 1 unspecified atom stereocenters. The fourth-order valence-electron chi connectivity index (χ4n) is 3.91. The van der Waals surface area contributed by atoms with E-state index in [1.165, 1.54) is 6.92 Å². The molecule has 0 spiro atoms. The van der Waals surface area contributed by atoms with Crippen LogP contribution >= 0.6 is 0 Å². The molecule has 0 fully saturated rings. The predicted octanol–water partition coefficient (Wildman–Crippen LogP) is 2.81. The summed E-state index contributed by atoms with van der Waals surface area (Å²) in [4.78, 5) is 29.8. The van der Waals surface area contributed by atoms with Gasteiger partial charge in [-0.25, -0.2) is 0 Å². The lowest BCUT2D eigenvalue weighted by molar-refractivity contribution is -0.125. The van der Waals surface area contributed by atoms with Crippen molar-refractivity contribution in [3.8, 4) is 5.75 Å². The van der Waals surface area contributed by atoms with Crippen LogP contribution in [0, 0.1) is 0 Å². The average molecular weight is 377 g/mol. The third kappa shape index (κ3) is 3.22. The second-order valence-corrected chi connectivity index (χ2v) is 7.00. The van der Waals surface area contributed by atoms with E-state index in [9.17, 15) is 9.59 Å². The summed E-state index contributed by atoms with van der Waals surface area (Å²) in [7, 11) is 1.65. The van der Waals surface area contributed by atoms with E-state index < -0.39 is 6.04 Å². The maximum Gasteiger partial charge on any atom is 0.243 e. The number of nitrogens with one attached hydrogen (secondary N) is 2. The Morgan fingerprint density at radius 1 is 1.25 bits per heavy atom. The largest absolute Gasteiger partial charge is 0.497 e. The monoisotopic (exact) mass is 377 g/mol. The van der Waals surface area contributed by atoms with Gasteiger partial charge < -0.3 is 15.0 Å². The number of nitrogens with zero attached hydrogens (tertiary/aromatic N) is 1. The highest BCUT2D eigenvalue weighted by molar-refractivity contribution is 6.02. The third-order valence-electron chi connectivity index (χ3n) is 5.29. The van der Waals surface area contributed by atoms with Crippen molar-refractivity contribution in [2.45, 2.75) is 25.8 Å². The Labute approximate surface area is 163 Å². The van der Waals surface area contributed by atoms with Crippen LogP contribution in [0.3, 0.4) is 0 Å². The van der Waals surface area contributed by atoms with E-state index in [0.29, 0.717) is 19.4 Å². The number of amides is 2. The van der Waals surface area contributed by atoms with Crippen molar-refractivity contribution >= 4 is 28.4 Å². The van der Waals surface area contributed by atoms with Gasteiger partial charge in [-0.15, -0.1) is 0 Å². The van der Waals surface area contributed by atoms with Gasteiger partial charge in [0, 0.05) is 42.7 Å². The maximum atomic E-state index is 12.8. The molecule has 3 aromatic rings. The van der Waals surface area contributed by atoms with Crippen LogP contribution in [-0.4, -0.2) is 36.5 Å². The number of aromatic amines is 1. The van der Waals surface area contributed by atoms with Crippen molar-refractivity contribution in [1.82, 2.24) is 10.3 Å². The Morgan fingerprint density at radius 2 is 2.07 bits per heavy atom. The van der Waals surface area contributed by atoms with Crippen molar-refractivity contribution in [2.75, 3.05) is 18.6 Å². The Bertz CT molecular complexity index is 1040. The van der Waals surface area contributed by atoms with Crippen LogP contribution < -0.4 is 15.0 Å². The number of H-pyrrole nitrogens is 1. The predicted molar refractivity (Wildman–Crippen MR) is 109 cm³/mol. The van der Waals surface area contributed by atoms with Gasteiger partial charge in [-0.1, -0.05) is 18.2 Å². The molecule has 2 amide bonds. The molecule has 4 rings (SSSR count). The normalized spacial score (nSPS) is 15.5. The number of anilines is 1. The Morgan fingerprint density at radius 3 is 2.86 bits per heavy atom. The number of rotatable bonds is 5. The van der Waals surface area contributed by atoms with Gasteiger partial charge in [-0.2, -0.15) is 0 Å². The summed E-state index contributed by atoms with van der Waals surface area (Å²) < 4.78 is 5.30. The van der Waals surface area contributed by atoms with Gasteiger partial charge in [-0.3, -0.25) is 14.5 Å². The molecule has 2 heterocycles. The molecule has 0 bridgehead atoms. The number of hydrogen-bond donors (Lipinski definition) is 2. The topological polar surface area (TPSA) is 74.4 Å². The molecule has 1 aliphatic heterocycles. The minimum absolute atomic E-state index is 0.117. The number of benzene rings is 2. The molecule has 144 valence electrons. The van der Waals surface area contributed by atoms with Crippen LogP contribution in [0.2, 0.25) is 0 Å². The standard InChI is InChI=1S/C22H23N3O3/c1-14(26)25-20-6-4-3-5-15(20)11-21(25)22(27)23-10-9-16-13-24-19-8-7-17(28-2)12-18(16)19/h3-8,12-13,21,24H,9-11H2,1-2H3,(H,23,27). The fourth-order valence-corrected chi connectivity index (χ4v) is 3.91. The zero-order chi connectivity index (χ0) is 19.7. The fraction of sp³-hybridized carbons (Fsp3) is 0.273. The average Bonchev–Trinajstić information content (AvgIpc) is 3.29. The Kier molecular flexibility index (Phi) is 4.77. The molecule has 28 heavy (non-hydrogen) atoms. The molecule has 0 radical (unpaired) electrons. The Hall–Kier alpha value is -3.28. The van der Waals surface area contributed by atoms with Gasteiger partial charge in [0.25, 0.3) is 0 Å². The number of methoxy groups -OCH3 is 1. The van der Waals surface area contributed by atoms with E-state index >= 15 is 0 Å². The van der Waals surface area contributed by atoms with Gasteiger partial charge in [-0.05, 0) is 41.8 Å². The number of para-hydroxylation sites is 1. The molecule has 2 aromatic carbocycles. The van der Waals surface area contributed by atoms with Crippen LogP contribution in [0.4, 0.5) is 5.69 Å². The zero-order valence-corrected chi connectivity index (χ0v) is 16.0. The third-order valence-corrected chi connectivity index (χ3v) is 5.29. The number of ether oxygens (including phenoxy) is 1. The van der Waals surface area contributed by atoms with Crippen molar-refractivity contribution < 1.29 is 14.3 Å². The van der Waals surface area contributed by atoms with Crippen molar-refractivity contribution in [3.63, 3.8) is 0 Å². The summed E-state index contributed by atoms with van der Waals surface area (Å²) in [5.74, 6) is 0.566. The van der Waals surface area contributed by atoms with Gasteiger partial charge in [0.2, 0.25) is 11.8 Å². The highest BCUT2D eigenvalue weighted by Gasteiger charge is 2.36. The summed E-state index contributed by atoms with van der Waals surface area (Å²) in [5.41, 5.74) is 4.02. The summed E-state index contributed by atoms with van der Waals surface area (Å²) in [6, 6.07) is 13.1. The van der Waals surface area contributed by atoms with Crippen molar-refractivity contribution in [3.05, 3.63) is 59.8 Å². The van der Waals surface area contributed by atoms with E-state index in [1.54, 1.807) is 12.0 Å². The molecule has 1 aliphatic rings. The minimum Gasteiger partial charge on any atom is -0.497 e. The van der Waals surface area contributed by atoms with Gasteiger partial charge >= 0.3 is 0 Å². The number of aromatic nitrogens is 1. The van der Waals surface area contributed by atoms with Gasteiger partial charge in [0.05, 0.1) is 7.11 Å². The number of fused-ring (bicyclic) bond motifs is 2. The molecule has 1 atom stereocenters. The van der Waals surface area contributed by atoms with Crippen LogP contribution in [0.25, 0.3) is 10.9 Å². The van der Waals surface area contributed by atoms with Crippen LogP contribution in [0.15, 0.2) is 48.7 Å². The van der Waals surface area contributed by atoms with E-state index in [0.717, 1.165) is 33.5 Å². The lowest BCUT2D eigenvalue weighted by Gasteiger charge is -2.23. The van der Waals surface area contributed by atoms with E-state index in [1.807, 2.05) is 48.7 Å². The van der Waals surface area contributed by atoms with E-state index in [4.69, 9.17) is 4.74 Å². The van der Waals surface area contributed by atoms with Crippen LogP contribution in [0.1, 0.15) is 18.1 Å². The molecule has 6 nitrogen and oxygen atoms in total. The van der Waals surface area contributed by atoms with E-state index in [-0.39, 0.29) is 11.8 Å². The molecule has 0 aliphatic carbocycles. The first kappa shape index (κ1) is 18.1. The maximum absolute atomic E-state index is 12.8. The Balaban J connectivity index is 1.43. The van der Waals surface area contributed by atoms with Crippen LogP contribution in [-0.2, 0) is 22.4 Å². The molecule has 2 N–H and O–H groups in total.